The number of amides is 3. The molecular formula is C23H32N4O3. The molecule has 3 aliphatic heterocycles. The monoisotopic (exact) mass is 412 g/mol. The lowest BCUT2D eigenvalue weighted by Crippen LogP contribution is -2.52. The van der Waals surface area contributed by atoms with Gasteiger partial charge >= 0.3 is 0 Å². The maximum absolute atomic E-state index is 12.8. The lowest BCUT2D eigenvalue weighted by Gasteiger charge is -2.33. The number of nitrogens with zero attached hydrogens (tertiary/aromatic N) is 2. The molecule has 2 fully saturated rings. The van der Waals surface area contributed by atoms with E-state index in [2.05, 4.69) is 35.4 Å². The van der Waals surface area contributed by atoms with Crippen LogP contribution in [0.5, 0.6) is 0 Å². The first-order valence-electron chi connectivity index (χ1n) is 11.1. The van der Waals surface area contributed by atoms with E-state index in [0.717, 1.165) is 31.7 Å². The highest BCUT2D eigenvalue weighted by atomic mass is 16.2. The van der Waals surface area contributed by atoms with E-state index < -0.39 is 6.04 Å². The SMILES string of the molecule is CC(C)CNC1CCN(Cc2ccc3c(c2)CN(C2CCC(=O)NC2=O)C3=O)CC1. The number of carbonyl (C=O) groups is 3. The minimum absolute atomic E-state index is 0.108. The van der Waals surface area contributed by atoms with Gasteiger partial charge in [0.25, 0.3) is 5.91 Å². The Hall–Kier alpha value is -2.25. The van der Waals surface area contributed by atoms with Crippen molar-refractivity contribution in [3.63, 3.8) is 0 Å². The first-order chi connectivity index (χ1) is 14.4. The van der Waals surface area contributed by atoms with E-state index in [1.807, 2.05) is 12.1 Å². The van der Waals surface area contributed by atoms with Crippen LogP contribution in [0, 0.1) is 5.92 Å². The van der Waals surface area contributed by atoms with Gasteiger partial charge in [0.15, 0.2) is 0 Å². The van der Waals surface area contributed by atoms with E-state index in [1.165, 1.54) is 18.4 Å². The molecular weight excluding hydrogens is 380 g/mol. The Balaban J connectivity index is 1.34. The van der Waals surface area contributed by atoms with Crippen LogP contribution in [-0.4, -0.2) is 59.2 Å². The second-order valence-corrected chi connectivity index (χ2v) is 9.24. The zero-order chi connectivity index (χ0) is 21.3. The minimum Gasteiger partial charge on any atom is -0.322 e. The van der Waals surface area contributed by atoms with E-state index in [-0.39, 0.29) is 24.1 Å². The van der Waals surface area contributed by atoms with E-state index in [9.17, 15) is 14.4 Å². The molecule has 30 heavy (non-hydrogen) atoms. The van der Waals surface area contributed by atoms with Crippen LogP contribution in [0.1, 0.15) is 61.0 Å². The third kappa shape index (κ3) is 4.57. The largest absolute Gasteiger partial charge is 0.322 e. The molecule has 0 spiro atoms. The average molecular weight is 413 g/mol. The number of fused-ring (bicyclic) bond motifs is 1. The number of hydrogen-bond donors (Lipinski definition) is 2. The van der Waals surface area contributed by atoms with Gasteiger partial charge in [-0.1, -0.05) is 26.0 Å². The second kappa shape index (κ2) is 8.86. The molecule has 3 amide bonds. The Morgan fingerprint density at radius 2 is 1.90 bits per heavy atom. The van der Waals surface area contributed by atoms with Gasteiger partial charge in [-0.2, -0.15) is 0 Å². The molecule has 2 N–H and O–H groups in total. The fourth-order valence-corrected chi connectivity index (χ4v) is 4.68. The number of imide groups is 1. The molecule has 0 radical (unpaired) electrons. The maximum atomic E-state index is 12.8. The Labute approximate surface area is 178 Å². The number of likely N-dealkylation sites (tertiary alicyclic amines) is 1. The fourth-order valence-electron chi connectivity index (χ4n) is 4.68. The van der Waals surface area contributed by atoms with Crippen LogP contribution < -0.4 is 10.6 Å². The van der Waals surface area contributed by atoms with Gasteiger partial charge in [-0.25, -0.2) is 0 Å². The van der Waals surface area contributed by atoms with Crippen molar-refractivity contribution in [1.29, 1.82) is 0 Å². The van der Waals surface area contributed by atoms with Crippen LogP contribution in [0.2, 0.25) is 0 Å². The van der Waals surface area contributed by atoms with Crippen molar-refractivity contribution < 1.29 is 14.4 Å². The summed E-state index contributed by atoms with van der Waals surface area (Å²) in [5, 5.41) is 6.02. The molecule has 3 aliphatic rings. The van der Waals surface area contributed by atoms with Crippen molar-refractivity contribution in [2.24, 2.45) is 5.92 Å². The summed E-state index contributed by atoms with van der Waals surface area (Å²) < 4.78 is 0. The van der Waals surface area contributed by atoms with Gasteiger partial charge in [0, 0.05) is 31.1 Å². The molecule has 0 bridgehead atoms. The van der Waals surface area contributed by atoms with Gasteiger partial charge in [0.1, 0.15) is 6.04 Å². The van der Waals surface area contributed by atoms with Gasteiger partial charge in [-0.3, -0.25) is 24.6 Å². The summed E-state index contributed by atoms with van der Waals surface area (Å²) in [6.07, 6.45) is 3.01. The molecule has 1 aromatic rings. The summed E-state index contributed by atoms with van der Waals surface area (Å²) in [4.78, 5) is 40.5. The first kappa shape index (κ1) is 21.0. The van der Waals surface area contributed by atoms with Crippen LogP contribution in [-0.2, 0) is 22.7 Å². The summed E-state index contributed by atoms with van der Waals surface area (Å²) in [5.41, 5.74) is 2.87. The smallest absolute Gasteiger partial charge is 0.255 e. The van der Waals surface area contributed by atoms with Crippen molar-refractivity contribution in [1.82, 2.24) is 20.4 Å². The molecule has 3 heterocycles. The Morgan fingerprint density at radius 1 is 1.13 bits per heavy atom. The minimum atomic E-state index is -0.552. The van der Waals surface area contributed by atoms with E-state index in [0.29, 0.717) is 30.5 Å². The van der Waals surface area contributed by atoms with E-state index in [1.54, 1.807) is 4.90 Å². The van der Waals surface area contributed by atoms with Crippen molar-refractivity contribution in [2.45, 2.75) is 64.7 Å². The highest BCUT2D eigenvalue weighted by molar-refractivity contribution is 6.05. The van der Waals surface area contributed by atoms with Crippen LogP contribution in [0.3, 0.4) is 0 Å². The summed E-state index contributed by atoms with van der Waals surface area (Å²) in [5.74, 6) is -0.0487. The second-order valence-electron chi connectivity index (χ2n) is 9.24. The lowest BCUT2D eigenvalue weighted by atomic mass is 10.0. The van der Waals surface area contributed by atoms with Crippen molar-refractivity contribution >= 4 is 17.7 Å². The zero-order valence-corrected chi connectivity index (χ0v) is 17.9. The van der Waals surface area contributed by atoms with Gasteiger partial charge in [0.05, 0.1) is 0 Å². The summed E-state index contributed by atoms with van der Waals surface area (Å²) >= 11 is 0. The van der Waals surface area contributed by atoms with Crippen molar-refractivity contribution in [3.05, 3.63) is 34.9 Å². The number of piperidine rings is 2. The van der Waals surface area contributed by atoms with Crippen LogP contribution in [0.25, 0.3) is 0 Å². The predicted molar refractivity (Wildman–Crippen MR) is 114 cm³/mol. The van der Waals surface area contributed by atoms with Gasteiger partial charge < -0.3 is 10.2 Å². The van der Waals surface area contributed by atoms with E-state index in [4.69, 9.17) is 0 Å². The topological polar surface area (TPSA) is 81.8 Å². The number of carbonyl (C=O) groups excluding carboxylic acids is 3. The maximum Gasteiger partial charge on any atom is 0.255 e. The van der Waals surface area contributed by atoms with Crippen molar-refractivity contribution in [3.8, 4) is 0 Å². The Kier molecular flexibility index (Phi) is 6.20. The number of rotatable bonds is 6. The highest BCUT2D eigenvalue weighted by Crippen LogP contribution is 2.28. The normalized spacial score (nSPS) is 23.2. The standard InChI is InChI=1S/C23H32N4O3/c1-15(2)12-24-18-7-9-26(10-8-18)13-16-3-4-19-17(11-16)14-27(23(19)30)20-5-6-21(28)25-22(20)29/h3-4,11,15,18,20,24H,5-10,12-14H2,1-2H3,(H,25,28,29). The summed E-state index contributed by atoms with van der Waals surface area (Å²) in [7, 11) is 0. The Morgan fingerprint density at radius 3 is 2.60 bits per heavy atom. The molecule has 1 aromatic carbocycles. The molecule has 0 saturated carbocycles. The predicted octanol–water partition coefficient (Wildman–Crippen LogP) is 1.66. The molecule has 7 nitrogen and oxygen atoms in total. The third-order valence-electron chi connectivity index (χ3n) is 6.40. The zero-order valence-electron chi connectivity index (χ0n) is 17.9. The van der Waals surface area contributed by atoms with Gasteiger partial charge in [0.2, 0.25) is 11.8 Å². The van der Waals surface area contributed by atoms with Gasteiger partial charge in [-0.15, -0.1) is 0 Å². The lowest BCUT2D eigenvalue weighted by molar-refractivity contribution is -0.136. The van der Waals surface area contributed by atoms with Crippen molar-refractivity contribution in [2.75, 3.05) is 19.6 Å². The number of nitrogens with one attached hydrogen (secondary N) is 2. The third-order valence-corrected chi connectivity index (χ3v) is 6.40. The summed E-state index contributed by atoms with van der Waals surface area (Å²) in [6, 6.07) is 6.11. The van der Waals surface area contributed by atoms with Crippen LogP contribution in [0.4, 0.5) is 0 Å². The first-order valence-corrected chi connectivity index (χ1v) is 11.1. The average Bonchev–Trinajstić information content (AvgIpc) is 3.03. The Bertz CT molecular complexity index is 830. The molecule has 162 valence electrons. The van der Waals surface area contributed by atoms with Crippen LogP contribution >= 0.6 is 0 Å². The molecule has 1 atom stereocenters. The molecule has 7 heteroatoms. The molecule has 4 rings (SSSR count). The summed E-state index contributed by atoms with van der Waals surface area (Å²) in [6.45, 7) is 9.03. The van der Waals surface area contributed by atoms with Gasteiger partial charge in [-0.05, 0) is 62.0 Å². The quantitative estimate of drug-likeness (QED) is 0.695. The molecule has 0 aliphatic carbocycles. The molecule has 0 aromatic heterocycles. The number of hydrogen-bond acceptors (Lipinski definition) is 5. The fraction of sp³-hybridized carbons (Fsp3) is 0.609. The molecule has 1 unspecified atom stereocenters. The number of benzene rings is 1. The molecule has 2 saturated heterocycles. The van der Waals surface area contributed by atoms with Crippen LogP contribution in [0.15, 0.2) is 18.2 Å². The van der Waals surface area contributed by atoms with E-state index >= 15 is 0 Å². The highest BCUT2D eigenvalue weighted by Gasteiger charge is 2.39.